The first-order valence-corrected chi connectivity index (χ1v) is 2.08. The van der Waals surface area contributed by atoms with E-state index >= 15 is 0 Å². The molecular weight excluding hydrogens is 112 g/mol. The molecule has 1 amide bonds. The average Bonchev–Trinajstić information content (AvgIpc) is 1.67. The molecule has 4 N–H and O–H groups in total. The molecule has 0 heterocycles. The molecule has 0 fully saturated rings. The number of rotatable bonds is 2. The highest BCUT2D eigenvalue weighted by atomic mass is 16.6. The predicted molar refractivity (Wildman–Crippen MR) is 25.6 cm³/mol. The second-order valence-corrected chi connectivity index (χ2v) is 1.19. The van der Waals surface area contributed by atoms with Crippen LogP contribution in [0.1, 0.15) is 0 Å². The molecule has 0 aromatic heterocycles. The summed E-state index contributed by atoms with van der Waals surface area (Å²) < 4.78 is 0. The zero-order valence-corrected chi connectivity index (χ0v) is 4.24. The Balaban J connectivity index is 3.32. The standard InChI is InChI=1S/C3H8N2O3/c4-1-2-5(8)3(6)7/h8H,1-2,4H2,(H,6,7). The maximum Gasteiger partial charge on any atom is 0.431 e. The number of carboxylic acid groups (broad SMARTS) is 1. The molecule has 0 atom stereocenters. The fourth-order valence-corrected chi connectivity index (χ4v) is 0.218. The monoisotopic (exact) mass is 120 g/mol. The summed E-state index contributed by atoms with van der Waals surface area (Å²) in [6.07, 6.45) is -1.38. The number of hydrogen-bond acceptors (Lipinski definition) is 3. The maximum atomic E-state index is 9.71. The van der Waals surface area contributed by atoms with Crippen LogP contribution in [0.2, 0.25) is 0 Å². The van der Waals surface area contributed by atoms with Crippen LogP contribution in [-0.2, 0) is 0 Å². The van der Waals surface area contributed by atoms with Crippen molar-refractivity contribution in [2.75, 3.05) is 13.1 Å². The van der Waals surface area contributed by atoms with Crippen LogP contribution in [-0.4, -0.2) is 34.6 Å². The molecule has 5 heteroatoms. The Morgan fingerprint density at radius 2 is 2.25 bits per heavy atom. The van der Waals surface area contributed by atoms with Gasteiger partial charge in [0.2, 0.25) is 0 Å². The third kappa shape index (κ3) is 2.38. The van der Waals surface area contributed by atoms with Crippen molar-refractivity contribution in [3.8, 4) is 0 Å². The summed E-state index contributed by atoms with van der Waals surface area (Å²) in [5.41, 5.74) is 4.90. The Bertz CT molecular complexity index is 84.6. The second kappa shape index (κ2) is 3.23. The minimum Gasteiger partial charge on any atom is -0.463 e. The topological polar surface area (TPSA) is 86.8 Å². The van der Waals surface area contributed by atoms with E-state index < -0.39 is 6.09 Å². The highest BCUT2D eigenvalue weighted by Crippen LogP contribution is 1.77. The van der Waals surface area contributed by atoms with Crippen LogP contribution in [0, 0.1) is 0 Å². The van der Waals surface area contributed by atoms with Crippen molar-refractivity contribution in [3.63, 3.8) is 0 Å². The number of hydroxylamine groups is 2. The van der Waals surface area contributed by atoms with Crippen molar-refractivity contribution in [2.45, 2.75) is 0 Å². The van der Waals surface area contributed by atoms with Crippen LogP contribution in [0.25, 0.3) is 0 Å². The van der Waals surface area contributed by atoms with E-state index in [0.29, 0.717) is 0 Å². The lowest BCUT2D eigenvalue weighted by molar-refractivity contribution is -0.0610. The van der Waals surface area contributed by atoms with Crippen LogP contribution in [0.15, 0.2) is 0 Å². The van der Waals surface area contributed by atoms with Gasteiger partial charge in [-0.15, -0.1) is 0 Å². The van der Waals surface area contributed by atoms with Crippen molar-refractivity contribution in [2.24, 2.45) is 5.73 Å². The maximum absolute atomic E-state index is 9.71. The van der Waals surface area contributed by atoms with Crippen LogP contribution in [0.3, 0.4) is 0 Å². The molecule has 0 bridgehead atoms. The number of nitrogens with two attached hydrogens (primary N) is 1. The molecule has 0 aromatic rings. The van der Waals surface area contributed by atoms with E-state index in [1.807, 2.05) is 0 Å². The summed E-state index contributed by atoms with van der Waals surface area (Å²) in [5.74, 6) is 0. The Kier molecular flexibility index (Phi) is 2.90. The molecule has 48 valence electrons. The largest absolute Gasteiger partial charge is 0.463 e. The Hall–Kier alpha value is -0.810. The first-order valence-electron chi connectivity index (χ1n) is 2.08. The van der Waals surface area contributed by atoms with Gasteiger partial charge in [0.25, 0.3) is 0 Å². The van der Waals surface area contributed by atoms with Crippen molar-refractivity contribution < 1.29 is 15.1 Å². The lowest BCUT2D eigenvalue weighted by atomic mass is 10.6. The van der Waals surface area contributed by atoms with E-state index in [4.69, 9.17) is 16.0 Å². The van der Waals surface area contributed by atoms with Gasteiger partial charge in [0.05, 0.1) is 6.54 Å². The van der Waals surface area contributed by atoms with Gasteiger partial charge in [0.1, 0.15) is 0 Å². The smallest absolute Gasteiger partial charge is 0.431 e. The molecule has 0 rings (SSSR count). The fourth-order valence-electron chi connectivity index (χ4n) is 0.218. The molecule has 8 heavy (non-hydrogen) atoms. The lowest BCUT2D eigenvalue weighted by Gasteiger charge is -2.06. The van der Waals surface area contributed by atoms with Gasteiger partial charge in [-0.1, -0.05) is 0 Å². The van der Waals surface area contributed by atoms with Crippen LogP contribution < -0.4 is 5.73 Å². The van der Waals surface area contributed by atoms with Gasteiger partial charge in [-0.25, -0.2) is 4.79 Å². The fraction of sp³-hybridized carbons (Fsp3) is 0.667. The number of hydrogen-bond donors (Lipinski definition) is 3. The summed E-state index contributed by atoms with van der Waals surface area (Å²) in [6.45, 7) is 0.0815. The minimum absolute atomic E-state index is 0.0463. The number of carbonyl (C=O) groups is 1. The highest BCUT2D eigenvalue weighted by molar-refractivity contribution is 5.63. The zero-order valence-electron chi connectivity index (χ0n) is 4.24. The van der Waals surface area contributed by atoms with Crippen LogP contribution in [0.5, 0.6) is 0 Å². The van der Waals surface area contributed by atoms with Gasteiger partial charge < -0.3 is 10.8 Å². The van der Waals surface area contributed by atoms with Crippen LogP contribution >= 0.6 is 0 Å². The first-order chi connectivity index (χ1) is 3.68. The molecule has 0 saturated carbocycles. The lowest BCUT2D eigenvalue weighted by Crippen LogP contribution is -2.30. The van der Waals surface area contributed by atoms with Crippen LogP contribution in [0.4, 0.5) is 4.79 Å². The van der Waals surface area contributed by atoms with Gasteiger partial charge >= 0.3 is 6.09 Å². The second-order valence-electron chi connectivity index (χ2n) is 1.19. The van der Waals surface area contributed by atoms with Crippen molar-refractivity contribution in [3.05, 3.63) is 0 Å². The summed E-state index contributed by atoms with van der Waals surface area (Å²) in [6, 6.07) is 0. The number of nitrogens with zero attached hydrogens (tertiary/aromatic N) is 1. The molecule has 5 nitrogen and oxygen atoms in total. The minimum atomic E-state index is -1.38. The highest BCUT2D eigenvalue weighted by Gasteiger charge is 2.03. The Morgan fingerprint density at radius 1 is 1.75 bits per heavy atom. The molecule has 0 aliphatic heterocycles. The first kappa shape index (κ1) is 7.19. The van der Waals surface area contributed by atoms with E-state index in [-0.39, 0.29) is 18.2 Å². The molecule has 0 aliphatic carbocycles. The van der Waals surface area contributed by atoms with Crippen molar-refractivity contribution in [1.29, 1.82) is 0 Å². The summed E-state index contributed by atoms with van der Waals surface area (Å²) in [4.78, 5) is 9.71. The average molecular weight is 120 g/mol. The molecule has 0 saturated heterocycles. The number of amides is 1. The van der Waals surface area contributed by atoms with Gasteiger partial charge in [-0.2, -0.15) is 5.06 Å². The molecule has 0 aliphatic rings. The van der Waals surface area contributed by atoms with E-state index in [1.54, 1.807) is 0 Å². The zero-order chi connectivity index (χ0) is 6.57. The third-order valence-corrected chi connectivity index (χ3v) is 0.562. The molecule has 0 radical (unpaired) electrons. The van der Waals surface area contributed by atoms with Crippen molar-refractivity contribution >= 4 is 6.09 Å². The SMILES string of the molecule is NCCN(O)C(=O)O. The third-order valence-electron chi connectivity index (χ3n) is 0.562. The molecular formula is C3H8N2O3. The Morgan fingerprint density at radius 3 is 2.38 bits per heavy atom. The molecule has 0 aromatic carbocycles. The van der Waals surface area contributed by atoms with E-state index in [0.717, 1.165) is 0 Å². The van der Waals surface area contributed by atoms with Gasteiger partial charge in [-0.05, 0) is 0 Å². The molecule has 0 unspecified atom stereocenters. The normalized spacial score (nSPS) is 8.75. The van der Waals surface area contributed by atoms with E-state index in [2.05, 4.69) is 0 Å². The van der Waals surface area contributed by atoms with Gasteiger partial charge in [0.15, 0.2) is 0 Å². The van der Waals surface area contributed by atoms with E-state index in [9.17, 15) is 4.79 Å². The van der Waals surface area contributed by atoms with E-state index in [1.165, 1.54) is 0 Å². The van der Waals surface area contributed by atoms with Gasteiger partial charge in [-0.3, -0.25) is 5.21 Å². The Labute approximate surface area is 46.3 Å². The quantitative estimate of drug-likeness (QED) is 0.332. The summed E-state index contributed by atoms with van der Waals surface area (Å²) in [7, 11) is 0. The van der Waals surface area contributed by atoms with Crippen molar-refractivity contribution in [1.82, 2.24) is 5.06 Å². The van der Waals surface area contributed by atoms with Gasteiger partial charge in [0, 0.05) is 6.54 Å². The predicted octanol–water partition coefficient (Wildman–Crippen LogP) is -0.686. The molecule has 0 spiro atoms. The summed E-state index contributed by atoms with van der Waals surface area (Å²) >= 11 is 0. The summed E-state index contributed by atoms with van der Waals surface area (Å²) in [5, 5.41) is 16.4.